The zero-order valence-electron chi connectivity index (χ0n) is 11.2. The average Bonchev–Trinajstić information content (AvgIpc) is 2.53. The maximum atomic E-state index is 13.2. The van der Waals surface area contributed by atoms with E-state index in [1.54, 1.807) is 0 Å². The minimum Gasteiger partial charge on any atom is -0.297 e. The molecule has 98 valence electrons. The second kappa shape index (κ2) is 3.04. The van der Waals surface area contributed by atoms with Crippen molar-refractivity contribution in [2.45, 2.75) is 64.3 Å². The lowest BCUT2D eigenvalue weighted by Gasteiger charge is -2.48. The van der Waals surface area contributed by atoms with Crippen molar-refractivity contribution in [3.8, 4) is 0 Å². The lowest BCUT2D eigenvalue weighted by molar-refractivity contribution is -0.157. The molecule has 0 radical (unpaired) electrons. The van der Waals surface area contributed by atoms with Gasteiger partial charge in [-0.15, -0.1) is 0 Å². The molecule has 0 N–H and O–H groups in total. The monoisotopic (exact) mass is 243 g/mol. The van der Waals surface area contributed by atoms with E-state index in [9.17, 15) is 8.78 Å². The van der Waals surface area contributed by atoms with Crippen molar-refractivity contribution in [1.82, 2.24) is 4.90 Å². The Morgan fingerprint density at radius 3 is 2.18 bits per heavy atom. The van der Waals surface area contributed by atoms with E-state index in [0.717, 1.165) is 19.5 Å². The number of hydrogen-bond donors (Lipinski definition) is 0. The Labute approximate surface area is 103 Å². The number of hydrogen-bond acceptors (Lipinski definition) is 1. The molecule has 3 heteroatoms. The van der Waals surface area contributed by atoms with Gasteiger partial charge in [0.05, 0.1) is 0 Å². The third-order valence-corrected chi connectivity index (χ3v) is 5.48. The van der Waals surface area contributed by atoms with Gasteiger partial charge in [-0.3, -0.25) is 4.90 Å². The Morgan fingerprint density at radius 2 is 1.71 bits per heavy atom. The van der Waals surface area contributed by atoms with Crippen LogP contribution in [-0.4, -0.2) is 29.5 Å². The molecule has 3 aliphatic rings. The minimum absolute atomic E-state index is 0.0583. The molecule has 0 bridgehead atoms. The Hall–Kier alpha value is -0.180. The number of nitrogens with zero attached hydrogens (tertiary/aromatic N) is 1. The zero-order chi connectivity index (χ0) is 12.5. The SMILES string of the molecule is CC(C)(C)C12CCCN1CC1(CC(F)(F)C1)C2. The van der Waals surface area contributed by atoms with Crippen LogP contribution in [0, 0.1) is 10.8 Å². The zero-order valence-corrected chi connectivity index (χ0v) is 11.2. The first-order chi connectivity index (χ1) is 7.68. The number of fused-ring (bicyclic) bond motifs is 1. The molecule has 1 unspecified atom stereocenters. The summed E-state index contributed by atoms with van der Waals surface area (Å²) in [6.07, 6.45) is 3.70. The van der Waals surface area contributed by atoms with Crippen LogP contribution in [0.2, 0.25) is 0 Å². The summed E-state index contributed by atoms with van der Waals surface area (Å²) >= 11 is 0. The van der Waals surface area contributed by atoms with E-state index in [4.69, 9.17) is 0 Å². The molecule has 0 aromatic rings. The van der Waals surface area contributed by atoms with E-state index in [1.165, 1.54) is 12.8 Å². The lowest BCUT2D eigenvalue weighted by Crippen LogP contribution is -2.49. The standard InChI is InChI=1S/C14H23F2N/c1-11(2,3)13-5-4-6-17(13)10-12(7-13)8-14(15,16)9-12/h4-10H2,1-3H3. The van der Waals surface area contributed by atoms with Crippen LogP contribution in [0.15, 0.2) is 0 Å². The summed E-state index contributed by atoms with van der Waals surface area (Å²) in [4.78, 5) is 2.53. The van der Waals surface area contributed by atoms with Crippen molar-refractivity contribution >= 4 is 0 Å². The first kappa shape index (κ1) is 11.9. The van der Waals surface area contributed by atoms with E-state index in [0.29, 0.717) is 0 Å². The molecule has 1 atom stereocenters. The van der Waals surface area contributed by atoms with Crippen LogP contribution in [-0.2, 0) is 0 Å². The predicted octanol–water partition coefficient (Wildman–Crippen LogP) is 3.69. The average molecular weight is 243 g/mol. The summed E-state index contributed by atoms with van der Waals surface area (Å²) in [5.74, 6) is -2.38. The van der Waals surface area contributed by atoms with Gasteiger partial charge in [-0.2, -0.15) is 0 Å². The molecule has 1 spiro atoms. The van der Waals surface area contributed by atoms with Crippen LogP contribution in [0.4, 0.5) is 8.78 Å². The van der Waals surface area contributed by atoms with Crippen LogP contribution in [0.3, 0.4) is 0 Å². The van der Waals surface area contributed by atoms with Crippen LogP contribution in [0.5, 0.6) is 0 Å². The molecule has 2 heterocycles. The Morgan fingerprint density at radius 1 is 1.06 bits per heavy atom. The van der Waals surface area contributed by atoms with Crippen LogP contribution >= 0.6 is 0 Å². The lowest BCUT2D eigenvalue weighted by atomic mass is 9.59. The molecular weight excluding hydrogens is 220 g/mol. The van der Waals surface area contributed by atoms with Crippen LogP contribution in [0.25, 0.3) is 0 Å². The third kappa shape index (κ3) is 1.50. The molecule has 0 aromatic carbocycles. The van der Waals surface area contributed by atoms with Crippen molar-refractivity contribution in [3.05, 3.63) is 0 Å². The van der Waals surface area contributed by atoms with Gasteiger partial charge in [-0.1, -0.05) is 20.8 Å². The highest BCUT2D eigenvalue weighted by molar-refractivity contribution is 5.17. The topological polar surface area (TPSA) is 3.24 Å². The highest BCUT2D eigenvalue weighted by atomic mass is 19.3. The van der Waals surface area contributed by atoms with Crippen molar-refractivity contribution < 1.29 is 8.78 Å². The maximum Gasteiger partial charge on any atom is 0.249 e. The van der Waals surface area contributed by atoms with E-state index in [2.05, 4.69) is 25.7 Å². The van der Waals surface area contributed by atoms with E-state index in [1.807, 2.05) is 0 Å². The summed E-state index contributed by atoms with van der Waals surface area (Å²) in [5, 5.41) is 0. The fourth-order valence-corrected chi connectivity index (χ4v) is 4.84. The van der Waals surface area contributed by atoms with Gasteiger partial charge in [0.25, 0.3) is 0 Å². The quantitative estimate of drug-likeness (QED) is 0.627. The van der Waals surface area contributed by atoms with Crippen molar-refractivity contribution in [3.63, 3.8) is 0 Å². The van der Waals surface area contributed by atoms with E-state index < -0.39 is 5.92 Å². The summed E-state index contributed by atoms with van der Waals surface area (Å²) in [6.45, 7) is 8.87. The normalized spacial score (nSPS) is 39.4. The van der Waals surface area contributed by atoms with Gasteiger partial charge in [0.1, 0.15) is 0 Å². The summed E-state index contributed by atoms with van der Waals surface area (Å²) < 4.78 is 26.4. The molecule has 2 aliphatic heterocycles. The Kier molecular flexibility index (Phi) is 2.12. The molecule has 0 aromatic heterocycles. The number of rotatable bonds is 0. The highest BCUT2D eigenvalue weighted by Crippen LogP contribution is 2.65. The summed E-state index contributed by atoms with van der Waals surface area (Å²) in [7, 11) is 0. The highest BCUT2D eigenvalue weighted by Gasteiger charge is 2.67. The van der Waals surface area contributed by atoms with Crippen LogP contribution in [0.1, 0.15) is 52.9 Å². The molecule has 3 rings (SSSR count). The molecule has 2 saturated heterocycles. The minimum atomic E-state index is -2.38. The molecule has 1 nitrogen and oxygen atoms in total. The van der Waals surface area contributed by atoms with Gasteiger partial charge in [-0.05, 0) is 36.6 Å². The Balaban J connectivity index is 1.86. The van der Waals surface area contributed by atoms with Gasteiger partial charge < -0.3 is 0 Å². The first-order valence-corrected chi connectivity index (χ1v) is 6.81. The van der Waals surface area contributed by atoms with Gasteiger partial charge in [-0.25, -0.2) is 8.78 Å². The van der Waals surface area contributed by atoms with E-state index >= 15 is 0 Å². The molecular formula is C14H23F2N. The number of alkyl halides is 2. The predicted molar refractivity (Wildman–Crippen MR) is 64.2 cm³/mol. The molecule has 3 fully saturated rings. The fraction of sp³-hybridized carbons (Fsp3) is 1.00. The van der Waals surface area contributed by atoms with Crippen molar-refractivity contribution in [2.75, 3.05) is 13.1 Å². The summed E-state index contributed by atoms with van der Waals surface area (Å²) in [6, 6.07) is 0. The van der Waals surface area contributed by atoms with E-state index in [-0.39, 0.29) is 29.2 Å². The molecule has 1 aliphatic carbocycles. The fourth-order valence-electron chi connectivity index (χ4n) is 4.84. The van der Waals surface area contributed by atoms with Gasteiger partial charge in [0.2, 0.25) is 5.92 Å². The first-order valence-electron chi connectivity index (χ1n) is 6.81. The van der Waals surface area contributed by atoms with Crippen LogP contribution < -0.4 is 0 Å². The van der Waals surface area contributed by atoms with Crippen molar-refractivity contribution in [2.24, 2.45) is 10.8 Å². The molecule has 0 amide bonds. The second-order valence-corrected chi connectivity index (χ2v) is 7.69. The smallest absolute Gasteiger partial charge is 0.249 e. The van der Waals surface area contributed by atoms with Gasteiger partial charge >= 0.3 is 0 Å². The number of halogens is 2. The largest absolute Gasteiger partial charge is 0.297 e. The van der Waals surface area contributed by atoms with Gasteiger partial charge in [0, 0.05) is 24.9 Å². The third-order valence-electron chi connectivity index (χ3n) is 5.48. The van der Waals surface area contributed by atoms with Crippen molar-refractivity contribution in [1.29, 1.82) is 0 Å². The second-order valence-electron chi connectivity index (χ2n) is 7.69. The van der Waals surface area contributed by atoms with Gasteiger partial charge in [0.15, 0.2) is 0 Å². The maximum absolute atomic E-state index is 13.2. The Bertz CT molecular complexity index is 337. The summed E-state index contributed by atoms with van der Waals surface area (Å²) in [5.41, 5.74) is 0.346. The molecule has 1 saturated carbocycles. The molecule has 17 heavy (non-hydrogen) atoms.